The predicted octanol–water partition coefficient (Wildman–Crippen LogP) is 3.11. The van der Waals surface area contributed by atoms with Gasteiger partial charge in [-0.15, -0.1) is 0 Å². The Kier molecular flexibility index (Phi) is 2.99. The van der Waals surface area contributed by atoms with Crippen molar-refractivity contribution < 1.29 is 4.74 Å². The van der Waals surface area contributed by atoms with E-state index in [9.17, 15) is 0 Å². The smallest absolute Gasteiger partial charge is 0.0845 e. The third-order valence-electron chi connectivity index (χ3n) is 5.12. The van der Waals surface area contributed by atoms with Crippen molar-refractivity contribution in [2.75, 3.05) is 13.2 Å². The Bertz CT molecular complexity index is 273. The molecule has 0 aromatic carbocycles. The van der Waals surface area contributed by atoms with Crippen molar-refractivity contribution in [3.8, 4) is 0 Å². The number of hydrogen-bond donors (Lipinski definition) is 1. The lowest BCUT2D eigenvalue weighted by Gasteiger charge is -2.59. The van der Waals surface area contributed by atoms with Crippen molar-refractivity contribution in [2.45, 2.75) is 70.4 Å². The van der Waals surface area contributed by atoms with Gasteiger partial charge in [0.1, 0.15) is 0 Å². The molecule has 3 aliphatic rings. The van der Waals surface area contributed by atoms with Crippen molar-refractivity contribution in [3.05, 3.63) is 0 Å². The average molecular weight is 237 g/mol. The molecule has 1 unspecified atom stereocenters. The molecular formula is C15H27NO. The molecule has 0 aromatic rings. The van der Waals surface area contributed by atoms with Crippen LogP contribution in [0.3, 0.4) is 0 Å². The number of hydrogen-bond acceptors (Lipinski definition) is 2. The molecule has 0 aromatic heterocycles. The molecule has 17 heavy (non-hydrogen) atoms. The molecule has 1 N–H and O–H groups in total. The van der Waals surface area contributed by atoms with E-state index in [0.717, 1.165) is 19.1 Å². The zero-order valence-corrected chi connectivity index (χ0v) is 11.4. The monoisotopic (exact) mass is 237 g/mol. The van der Waals surface area contributed by atoms with Crippen LogP contribution in [0, 0.1) is 11.3 Å². The second kappa shape index (κ2) is 4.24. The van der Waals surface area contributed by atoms with Gasteiger partial charge < -0.3 is 10.1 Å². The van der Waals surface area contributed by atoms with E-state index < -0.39 is 0 Å². The minimum absolute atomic E-state index is 0.199. The Morgan fingerprint density at radius 1 is 1.18 bits per heavy atom. The fourth-order valence-corrected chi connectivity index (χ4v) is 4.57. The Morgan fingerprint density at radius 2 is 1.88 bits per heavy atom. The van der Waals surface area contributed by atoms with Gasteiger partial charge in [-0.1, -0.05) is 39.5 Å². The summed E-state index contributed by atoms with van der Waals surface area (Å²) < 4.78 is 6.20. The molecule has 1 saturated heterocycles. The highest BCUT2D eigenvalue weighted by atomic mass is 16.5. The Hall–Kier alpha value is -0.0800. The highest BCUT2D eigenvalue weighted by Crippen LogP contribution is 2.53. The second-order valence-electron chi connectivity index (χ2n) is 7.32. The summed E-state index contributed by atoms with van der Waals surface area (Å²) in [5.41, 5.74) is 0.706. The highest BCUT2D eigenvalue weighted by Gasteiger charge is 2.55. The van der Waals surface area contributed by atoms with Crippen LogP contribution in [0.1, 0.15) is 58.8 Å². The van der Waals surface area contributed by atoms with Crippen LogP contribution in [0.5, 0.6) is 0 Å². The zero-order valence-electron chi connectivity index (χ0n) is 11.4. The van der Waals surface area contributed by atoms with Crippen molar-refractivity contribution in [1.29, 1.82) is 0 Å². The first-order valence-electron chi connectivity index (χ1n) is 7.47. The van der Waals surface area contributed by atoms with Crippen LogP contribution < -0.4 is 5.32 Å². The van der Waals surface area contributed by atoms with E-state index in [2.05, 4.69) is 19.2 Å². The van der Waals surface area contributed by atoms with Gasteiger partial charge in [-0.3, -0.25) is 0 Å². The van der Waals surface area contributed by atoms with E-state index >= 15 is 0 Å². The lowest BCUT2D eigenvalue weighted by atomic mass is 9.57. The quantitative estimate of drug-likeness (QED) is 0.797. The second-order valence-corrected chi connectivity index (χ2v) is 7.32. The number of rotatable bonds is 2. The molecule has 98 valence electrons. The summed E-state index contributed by atoms with van der Waals surface area (Å²) in [4.78, 5) is 0. The zero-order chi connectivity index (χ0) is 11.9. The van der Waals surface area contributed by atoms with Gasteiger partial charge in [0.2, 0.25) is 0 Å². The summed E-state index contributed by atoms with van der Waals surface area (Å²) in [6.07, 6.45) is 9.69. The summed E-state index contributed by atoms with van der Waals surface area (Å²) in [6.45, 7) is 6.72. The first-order valence-corrected chi connectivity index (χ1v) is 7.47. The van der Waals surface area contributed by atoms with Crippen LogP contribution in [0.25, 0.3) is 0 Å². The molecule has 1 heterocycles. The average Bonchev–Trinajstić information content (AvgIpc) is 2.71. The topological polar surface area (TPSA) is 21.3 Å². The maximum absolute atomic E-state index is 6.20. The van der Waals surface area contributed by atoms with E-state index in [-0.39, 0.29) is 5.60 Å². The molecule has 3 fully saturated rings. The highest BCUT2D eigenvalue weighted by molar-refractivity contribution is 5.09. The Balaban J connectivity index is 1.64. The van der Waals surface area contributed by atoms with Crippen molar-refractivity contribution in [1.82, 2.24) is 5.32 Å². The van der Waals surface area contributed by atoms with Crippen molar-refractivity contribution in [3.63, 3.8) is 0 Å². The maximum atomic E-state index is 6.20. The van der Waals surface area contributed by atoms with Crippen LogP contribution in [-0.4, -0.2) is 24.8 Å². The molecule has 2 saturated carbocycles. The first-order chi connectivity index (χ1) is 8.10. The van der Waals surface area contributed by atoms with Crippen LogP contribution in [0.15, 0.2) is 0 Å². The van der Waals surface area contributed by atoms with Gasteiger partial charge in [-0.2, -0.15) is 0 Å². The van der Waals surface area contributed by atoms with Gasteiger partial charge in [0.15, 0.2) is 0 Å². The van der Waals surface area contributed by atoms with Crippen LogP contribution in [0.4, 0.5) is 0 Å². The molecule has 0 radical (unpaired) electrons. The third-order valence-corrected chi connectivity index (χ3v) is 5.12. The summed E-state index contributed by atoms with van der Waals surface area (Å²) in [5.74, 6) is 0.967. The molecule has 2 aliphatic carbocycles. The van der Waals surface area contributed by atoms with E-state index in [0.29, 0.717) is 11.5 Å². The number of nitrogens with one attached hydrogen (secondary N) is 1. The number of morpholine rings is 1. The van der Waals surface area contributed by atoms with Crippen LogP contribution in [-0.2, 0) is 4.74 Å². The predicted molar refractivity (Wildman–Crippen MR) is 70.1 cm³/mol. The molecule has 2 heteroatoms. The fourth-order valence-electron chi connectivity index (χ4n) is 4.57. The molecule has 2 nitrogen and oxygen atoms in total. The molecular weight excluding hydrogens is 210 g/mol. The molecule has 0 bridgehead atoms. The number of ether oxygens (including phenoxy) is 1. The van der Waals surface area contributed by atoms with Gasteiger partial charge in [0, 0.05) is 12.6 Å². The van der Waals surface area contributed by atoms with Gasteiger partial charge in [0.05, 0.1) is 12.2 Å². The van der Waals surface area contributed by atoms with Crippen LogP contribution in [0.2, 0.25) is 0 Å². The summed E-state index contributed by atoms with van der Waals surface area (Å²) in [6, 6.07) is 0.632. The first kappa shape index (κ1) is 12.0. The van der Waals surface area contributed by atoms with Gasteiger partial charge in [0.25, 0.3) is 0 Å². The SMILES string of the molecule is CC1(C)CC2(C1)OCCNC2CC1CCCC1. The molecule has 1 spiro atoms. The largest absolute Gasteiger partial charge is 0.372 e. The van der Waals surface area contributed by atoms with E-state index in [1.807, 2.05) is 0 Å². The Labute approximate surface area is 105 Å². The summed E-state index contributed by atoms with van der Waals surface area (Å²) in [7, 11) is 0. The van der Waals surface area contributed by atoms with Crippen molar-refractivity contribution in [2.24, 2.45) is 11.3 Å². The molecule has 1 atom stereocenters. The van der Waals surface area contributed by atoms with Gasteiger partial charge >= 0.3 is 0 Å². The van der Waals surface area contributed by atoms with Crippen LogP contribution >= 0.6 is 0 Å². The standard InChI is InChI=1S/C15H27NO/c1-14(2)10-15(11-14)13(16-7-8-17-15)9-12-5-3-4-6-12/h12-13,16H,3-11H2,1-2H3. The molecule has 0 amide bonds. The van der Waals surface area contributed by atoms with E-state index in [1.165, 1.54) is 44.9 Å². The normalized spacial score (nSPS) is 36.0. The molecule has 3 rings (SSSR count). The summed E-state index contributed by atoms with van der Waals surface area (Å²) >= 11 is 0. The minimum atomic E-state index is 0.199. The molecule has 1 aliphatic heterocycles. The summed E-state index contributed by atoms with van der Waals surface area (Å²) in [5, 5.41) is 3.75. The Morgan fingerprint density at radius 3 is 2.53 bits per heavy atom. The van der Waals surface area contributed by atoms with E-state index in [4.69, 9.17) is 4.74 Å². The van der Waals surface area contributed by atoms with Gasteiger partial charge in [-0.05, 0) is 30.6 Å². The minimum Gasteiger partial charge on any atom is -0.372 e. The van der Waals surface area contributed by atoms with Gasteiger partial charge in [-0.25, -0.2) is 0 Å². The third kappa shape index (κ3) is 2.26. The lowest BCUT2D eigenvalue weighted by molar-refractivity contribution is -0.196. The van der Waals surface area contributed by atoms with Crippen molar-refractivity contribution >= 4 is 0 Å². The van der Waals surface area contributed by atoms with E-state index in [1.54, 1.807) is 0 Å². The maximum Gasteiger partial charge on any atom is 0.0845 e. The fraction of sp³-hybridized carbons (Fsp3) is 1.00. The lowest BCUT2D eigenvalue weighted by Crippen LogP contribution is -2.66.